The Kier molecular flexibility index (Phi) is 7.23. The molecule has 1 amide bonds. The number of methoxy groups -OCH3 is 1. The van der Waals surface area contributed by atoms with E-state index in [0.29, 0.717) is 22.6 Å². The number of carbonyl (C=O) groups excluding carboxylic acids is 2. The summed E-state index contributed by atoms with van der Waals surface area (Å²) in [6, 6.07) is 15.4. The number of nitrogens with zero attached hydrogens (tertiary/aromatic N) is 1. The molecule has 1 aliphatic carbocycles. The SMILES string of the molecule is COc1ccc(/C=C(\C#N)C(=O)Nc2ccc(C(=O)OC3CCCCC3)cc2)cc1. The van der Waals surface area contributed by atoms with Crippen LogP contribution in [0.5, 0.6) is 5.75 Å². The number of anilines is 1. The summed E-state index contributed by atoms with van der Waals surface area (Å²) < 4.78 is 10.6. The van der Waals surface area contributed by atoms with Crippen LogP contribution in [0.15, 0.2) is 54.1 Å². The molecule has 0 spiro atoms. The van der Waals surface area contributed by atoms with Crippen molar-refractivity contribution in [2.75, 3.05) is 12.4 Å². The number of rotatable bonds is 6. The Balaban J connectivity index is 1.61. The molecule has 6 heteroatoms. The fourth-order valence-corrected chi connectivity index (χ4v) is 3.31. The van der Waals surface area contributed by atoms with E-state index in [1.165, 1.54) is 12.5 Å². The quantitative estimate of drug-likeness (QED) is 0.427. The average Bonchev–Trinajstić information content (AvgIpc) is 2.79. The molecular weight excluding hydrogens is 380 g/mol. The highest BCUT2D eigenvalue weighted by Gasteiger charge is 2.19. The molecule has 0 aromatic heterocycles. The number of benzene rings is 2. The molecule has 0 radical (unpaired) electrons. The third-order valence-corrected chi connectivity index (χ3v) is 5.00. The highest BCUT2D eigenvalue weighted by Crippen LogP contribution is 2.22. The molecule has 154 valence electrons. The number of hydrogen-bond acceptors (Lipinski definition) is 5. The Morgan fingerprint density at radius 1 is 1.03 bits per heavy atom. The minimum Gasteiger partial charge on any atom is -0.497 e. The van der Waals surface area contributed by atoms with Crippen LogP contribution in [-0.4, -0.2) is 25.1 Å². The summed E-state index contributed by atoms with van der Waals surface area (Å²) in [5, 5.41) is 12.0. The van der Waals surface area contributed by atoms with E-state index in [9.17, 15) is 14.9 Å². The van der Waals surface area contributed by atoms with Crippen LogP contribution >= 0.6 is 0 Å². The Morgan fingerprint density at radius 3 is 2.30 bits per heavy atom. The van der Waals surface area contributed by atoms with Crippen LogP contribution in [0.2, 0.25) is 0 Å². The maximum Gasteiger partial charge on any atom is 0.338 e. The average molecular weight is 404 g/mol. The maximum absolute atomic E-state index is 12.4. The van der Waals surface area contributed by atoms with Crippen molar-refractivity contribution in [1.82, 2.24) is 0 Å². The maximum atomic E-state index is 12.4. The van der Waals surface area contributed by atoms with Gasteiger partial charge < -0.3 is 14.8 Å². The van der Waals surface area contributed by atoms with Crippen LogP contribution < -0.4 is 10.1 Å². The Labute approximate surface area is 176 Å². The summed E-state index contributed by atoms with van der Waals surface area (Å²) in [6.45, 7) is 0. The van der Waals surface area contributed by atoms with Crippen LogP contribution in [0.3, 0.4) is 0 Å². The lowest BCUT2D eigenvalue weighted by Crippen LogP contribution is -2.21. The van der Waals surface area contributed by atoms with Gasteiger partial charge in [-0.25, -0.2) is 4.79 Å². The third kappa shape index (κ3) is 5.71. The van der Waals surface area contributed by atoms with Gasteiger partial charge in [-0.15, -0.1) is 0 Å². The number of ether oxygens (including phenoxy) is 2. The second-order valence-electron chi connectivity index (χ2n) is 7.14. The van der Waals surface area contributed by atoms with Crippen molar-refractivity contribution in [2.24, 2.45) is 0 Å². The fraction of sp³-hybridized carbons (Fsp3) is 0.292. The van der Waals surface area contributed by atoms with E-state index >= 15 is 0 Å². The number of amides is 1. The van der Waals surface area contributed by atoms with Crippen LogP contribution in [0.25, 0.3) is 6.08 Å². The molecule has 2 aromatic rings. The summed E-state index contributed by atoms with van der Waals surface area (Å²) in [6.07, 6.45) is 6.70. The van der Waals surface area contributed by atoms with E-state index in [-0.39, 0.29) is 17.6 Å². The Hall–Kier alpha value is -3.59. The van der Waals surface area contributed by atoms with Crippen LogP contribution in [0.1, 0.15) is 48.0 Å². The minimum absolute atomic E-state index is 0.00749. The van der Waals surface area contributed by atoms with Crippen molar-refractivity contribution < 1.29 is 19.1 Å². The first kappa shape index (κ1) is 21.1. The zero-order valence-corrected chi connectivity index (χ0v) is 16.9. The van der Waals surface area contributed by atoms with Gasteiger partial charge in [0.1, 0.15) is 23.5 Å². The smallest absolute Gasteiger partial charge is 0.338 e. The first-order valence-electron chi connectivity index (χ1n) is 9.97. The Bertz CT molecular complexity index is 950. The van der Waals surface area contributed by atoms with Gasteiger partial charge in [0, 0.05) is 5.69 Å². The molecule has 30 heavy (non-hydrogen) atoms. The lowest BCUT2D eigenvalue weighted by atomic mass is 9.98. The fourth-order valence-electron chi connectivity index (χ4n) is 3.31. The summed E-state index contributed by atoms with van der Waals surface area (Å²) >= 11 is 0. The molecule has 1 N–H and O–H groups in total. The molecular formula is C24H24N2O4. The first-order valence-corrected chi connectivity index (χ1v) is 9.97. The van der Waals surface area contributed by atoms with Gasteiger partial charge in [0.05, 0.1) is 12.7 Å². The molecule has 0 aliphatic heterocycles. The van der Waals surface area contributed by atoms with Gasteiger partial charge in [0.25, 0.3) is 5.91 Å². The first-order chi connectivity index (χ1) is 14.6. The van der Waals surface area contributed by atoms with Gasteiger partial charge in [-0.3, -0.25) is 4.79 Å². The zero-order valence-electron chi connectivity index (χ0n) is 16.9. The van der Waals surface area contributed by atoms with Crippen LogP contribution in [-0.2, 0) is 9.53 Å². The summed E-state index contributed by atoms with van der Waals surface area (Å²) in [4.78, 5) is 24.7. The van der Waals surface area contributed by atoms with E-state index in [1.807, 2.05) is 6.07 Å². The minimum atomic E-state index is -0.522. The molecule has 0 heterocycles. The van der Waals surface area contributed by atoms with Crippen molar-refractivity contribution in [3.8, 4) is 11.8 Å². The summed E-state index contributed by atoms with van der Waals surface area (Å²) in [7, 11) is 1.57. The van der Waals surface area contributed by atoms with E-state index in [1.54, 1.807) is 55.6 Å². The molecule has 6 nitrogen and oxygen atoms in total. The van der Waals surface area contributed by atoms with Crippen molar-refractivity contribution >= 4 is 23.6 Å². The monoisotopic (exact) mass is 404 g/mol. The molecule has 3 rings (SSSR count). The predicted molar refractivity (Wildman–Crippen MR) is 114 cm³/mol. The largest absolute Gasteiger partial charge is 0.497 e. The number of nitrogens with one attached hydrogen (secondary N) is 1. The molecule has 0 unspecified atom stereocenters. The van der Waals surface area contributed by atoms with Crippen LogP contribution in [0, 0.1) is 11.3 Å². The van der Waals surface area contributed by atoms with Crippen molar-refractivity contribution in [2.45, 2.75) is 38.2 Å². The highest BCUT2D eigenvalue weighted by molar-refractivity contribution is 6.09. The van der Waals surface area contributed by atoms with E-state index in [4.69, 9.17) is 9.47 Å². The van der Waals surface area contributed by atoms with Crippen molar-refractivity contribution in [3.05, 3.63) is 65.2 Å². The van der Waals surface area contributed by atoms with Crippen molar-refractivity contribution in [1.29, 1.82) is 5.26 Å². The number of esters is 1. The van der Waals surface area contributed by atoms with Gasteiger partial charge >= 0.3 is 5.97 Å². The van der Waals surface area contributed by atoms with Gasteiger partial charge in [-0.1, -0.05) is 18.6 Å². The standard InChI is InChI=1S/C24H24N2O4/c1-29-21-13-7-17(8-14-21)15-19(16-25)23(27)26-20-11-9-18(10-12-20)24(28)30-22-5-3-2-4-6-22/h7-15,22H,2-6H2,1H3,(H,26,27)/b19-15+. The summed E-state index contributed by atoms with van der Waals surface area (Å²) in [5.41, 5.74) is 1.61. The molecule has 0 atom stereocenters. The van der Waals surface area contributed by atoms with E-state index in [0.717, 1.165) is 25.7 Å². The Morgan fingerprint density at radius 2 is 1.70 bits per heavy atom. The van der Waals surface area contributed by atoms with Gasteiger partial charge in [0.15, 0.2) is 0 Å². The highest BCUT2D eigenvalue weighted by atomic mass is 16.5. The van der Waals surface area contributed by atoms with Crippen LogP contribution in [0.4, 0.5) is 5.69 Å². The molecule has 0 bridgehead atoms. The molecule has 2 aromatic carbocycles. The van der Waals surface area contributed by atoms with E-state index in [2.05, 4.69) is 5.32 Å². The van der Waals surface area contributed by atoms with Gasteiger partial charge in [0.2, 0.25) is 0 Å². The third-order valence-electron chi connectivity index (χ3n) is 5.00. The number of nitriles is 1. The lowest BCUT2D eigenvalue weighted by molar-refractivity contribution is -0.112. The topological polar surface area (TPSA) is 88.4 Å². The van der Waals surface area contributed by atoms with Gasteiger partial charge in [-0.2, -0.15) is 5.26 Å². The molecule has 1 fully saturated rings. The van der Waals surface area contributed by atoms with Crippen molar-refractivity contribution in [3.63, 3.8) is 0 Å². The summed E-state index contributed by atoms with van der Waals surface area (Å²) in [5.74, 6) is -0.181. The normalized spacial score (nSPS) is 14.5. The van der Waals surface area contributed by atoms with Gasteiger partial charge in [-0.05, 0) is 73.7 Å². The van der Waals surface area contributed by atoms with E-state index < -0.39 is 5.91 Å². The molecule has 1 saturated carbocycles. The number of hydrogen-bond donors (Lipinski definition) is 1. The lowest BCUT2D eigenvalue weighted by Gasteiger charge is -2.21. The molecule has 1 aliphatic rings. The second kappa shape index (κ2) is 10.3. The molecule has 0 saturated heterocycles. The zero-order chi connectivity index (χ0) is 21.3. The number of carbonyl (C=O) groups is 2. The second-order valence-corrected chi connectivity index (χ2v) is 7.14. The predicted octanol–water partition coefficient (Wildman–Crippen LogP) is 4.73.